The second-order valence-corrected chi connectivity index (χ2v) is 16.7. The van der Waals surface area contributed by atoms with Crippen LogP contribution in [0.25, 0.3) is 0 Å². The number of nitrogens with one attached hydrogen (secondary N) is 3. The molecule has 0 radical (unpaired) electrons. The van der Waals surface area contributed by atoms with Gasteiger partial charge in [-0.15, -0.1) is 0 Å². The van der Waals surface area contributed by atoms with Crippen LogP contribution in [0, 0.1) is 11.7 Å². The number of rotatable bonds is 6. The molecule has 0 aromatic heterocycles. The van der Waals surface area contributed by atoms with Crippen LogP contribution < -0.4 is 15.4 Å². The van der Waals surface area contributed by atoms with E-state index in [1.54, 1.807) is 39.0 Å². The molecule has 4 aliphatic rings. The highest BCUT2D eigenvalue weighted by atomic mass is 32.2. The first-order valence-corrected chi connectivity index (χ1v) is 19.1. The largest absolute Gasteiger partial charge is 0.444 e. The number of allylic oxidation sites excluding steroid dienone is 1. The average molecular weight is 734 g/mol. The van der Waals surface area contributed by atoms with Crippen molar-refractivity contribution in [1.29, 1.82) is 0 Å². The van der Waals surface area contributed by atoms with E-state index >= 15 is 0 Å². The van der Waals surface area contributed by atoms with E-state index in [9.17, 15) is 36.8 Å². The minimum atomic E-state index is -3.74. The summed E-state index contributed by atoms with van der Waals surface area (Å²) in [5.41, 5.74) is 0.253. The Labute approximate surface area is 297 Å². The normalized spacial score (nSPS) is 25.4. The summed E-state index contributed by atoms with van der Waals surface area (Å²) in [6, 6.07) is 2.51. The molecule has 2 fully saturated rings. The van der Waals surface area contributed by atoms with Crippen molar-refractivity contribution in [2.45, 2.75) is 121 Å². The lowest BCUT2D eigenvalue weighted by Crippen LogP contribution is -2.54. The summed E-state index contributed by atoms with van der Waals surface area (Å²) < 4.78 is 52.4. The number of fused-ring (bicyclic) bond motifs is 2. The van der Waals surface area contributed by atoms with Crippen LogP contribution in [0.1, 0.15) is 89.7 Å². The SMILES string of the molecule is CC(C)(C)OC(=O)N[C@H]1CCCCC/C=C\[C@@H](CC(=O)NS(=O)(=O)C2CC2)CNC(=O)[C@@H]2C[C@@H](OC(=O)N3Cc4cccc(F)c4C3)CN2C1=O. The van der Waals surface area contributed by atoms with Gasteiger partial charge >= 0.3 is 12.2 Å². The van der Waals surface area contributed by atoms with Gasteiger partial charge in [-0.1, -0.05) is 37.1 Å². The fourth-order valence-corrected chi connectivity index (χ4v) is 7.87. The summed E-state index contributed by atoms with van der Waals surface area (Å²) in [5, 5.41) is 4.93. The van der Waals surface area contributed by atoms with Crippen molar-refractivity contribution in [3.63, 3.8) is 0 Å². The molecule has 0 spiro atoms. The number of halogens is 1. The number of sulfonamides is 1. The third kappa shape index (κ3) is 10.4. The lowest BCUT2D eigenvalue weighted by Gasteiger charge is -2.29. The molecule has 3 N–H and O–H groups in total. The van der Waals surface area contributed by atoms with E-state index in [0.29, 0.717) is 43.2 Å². The molecular formula is C35H48FN5O9S. The number of hydrogen-bond donors (Lipinski definition) is 3. The van der Waals surface area contributed by atoms with Crippen LogP contribution in [0.5, 0.6) is 0 Å². The van der Waals surface area contributed by atoms with Crippen molar-refractivity contribution in [3.05, 3.63) is 47.3 Å². The van der Waals surface area contributed by atoms with Gasteiger partial charge in [0.1, 0.15) is 29.6 Å². The monoisotopic (exact) mass is 733 g/mol. The smallest absolute Gasteiger partial charge is 0.410 e. The highest BCUT2D eigenvalue weighted by Crippen LogP contribution is 2.29. The van der Waals surface area contributed by atoms with Gasteiger partial charge in [0.15, 0.2) is 0 Å². The lowest BCUT2D eigenvalue weighted by atomic mass is 10.0. The molecule has 51 heavy (non-hydrogen) atoms. The zero-order valence-corrected chi connectivity index (χ0v) is 30.1. The first-order valence-electron chi connectivity index (χ1n) is 17.6. The Kier molecular flexibility index (Phi) is 11.9. The number of amides is 5. The van der Waals surface area contributed by atoms with Crippen molar-refractivity contribution < 1.29 is 46.3 Å². The summed E-state index contributed by atoms with van der Waals surface area (Å²) in [6.45, 7) is 5.13. The Balaban J connectivity index is 1.32. The summed E-state index contributed by atoms with van der Waals surface area (Å²) in [7, 11) is -3.74. The summed E-state index contributed by atoms with van der Waals surface area (Å²) in [4.78, 5) is 69.4. The molecule has 280 valence electrons. The zero-order valence-electron chi connectivity index (χ0n) is 29.3. The second-order valence-electron chi connectivity index (χ2n) is 14.7. The highest BCUT2D eigenvalue weighted by Gasteiger charge is 2.44. The molecule has 5 rings (SSSR count). The van der Waals surface area contributed by atoms with E-state index in [1.165, 1.54) is 15.9 Å². The Bertz CT molecular complexity index is 1640. The summed E-state index contributed by atoms with van der Waals surface area (Å²) in [5.74, 6) is -2.73. The molecule has 1 saturated carbocycles. The molecule has 3 aliphatic heterocycles. The van der Waals surface area contributed by atoms with Crippen LogP contribution in [0.3, 0.4) is 0 Å². The first-order chi connectivity index (χ1) is 24.1. The van der Waals surface area contributed by atoms with E-state index in [-0.39, 0.29) is 45.4 Å². The Morgan fingerprint density at radius 3 is 2.53 bits per heavy atom. The fourth-order valence-electron chi connectivity index (χ4n) is 6.54. The van der Waals surface area contributed by atoms with Crippen LogP contribution in [0.4, 0.5) is 14.0 Å². The molecule has 1 aliphatic carbocycles. The van der Waals surface area contributed by atoms with Gasteiger partial charge in [-0.05, 0) is 64.5 Å². The lowest BCUT2D eigenvalue weighted by molar-refractivity contribution is -0.140. The van der Waals surface area contributed by atoms with Crippen molar-refractivity contribution in [2.24, 2.45) is 5.92 Å². The molecule has 14 nitrogen and oxygen atoms in total. The van der Waals surface area contributed by atoms with Crippen molar-refractivity contribution in [2.75, 3.05) is 13.1 Å². The summed E-state index contributed by atoms with van der Waals surface area (Å²) >= 11 is 0. The molecular weight excluding hydrogens is 685 g/mol. The Hall–Kier alpha value is -4.21. The van der Waals surface area contributed by atoms with E-state index in [2.05, 4.69) is 15.4 Å². The van der Waals surface area contributed by atoms with Gasteiger partial charge in [-0.2, -0.15) is 0 Å². The molecule has 1 aromatic carbocycles. The second kappa shape index (κ2) is 16.0. The minimum absolute atomic E-state index is 0.0203. The predicted octanol–water partition coefficient (Wildman–Crippen LogP) is 3.39. The zero-order chi connectivity index (χ0) is 36.9. The number of nitrogens with zero attached hydrogens (tertiary/aromatic N) is 2. The van der Waals surface area contributed by atoms with Crippen LogP contribution in [0.15, 0.2) is 30.4 Å². The molecule has 16 heteroatoms. The van der Waals surface area contributed by atoms with Crippen LogP contribution in [-0.4, -0.2) is 90.3 Å². The first kappa shape index (κ1) is 38.0. The van der Waals surface area contributed by atoms with Crippen molar-refractivity contribution in [3.8, 4) is 0 Å². The Morgan fingerprint density at radius 1 is 1.06 bits per heavy atom. The molecule has 1 aromatic rings. The molecule has 4 atom stereocenters. The molecule has 5 amide bonds. The topological polar surface area (TPSA) is 181 Å². The number of ether oxygens (including phenoxy) is 2. The van der Waals surface area contributed by atoms with Gasteiger partial charge in [0.25, 0.3) is 0 Å². The van der Waals surface area contributed by atoms with Gasteiger partial charge in [0.2, 0.25) is 27.7 Å². The third-order valence-electron chi connectivity index (χ3n) is 9.27. The maximum absolute atomic E-state index is 14.4. The fraction of sp³-hybridized carbons (Fsp3) is 0.629. The van der Waals surface area contributed by atoms with Crippen molar-refractivity contribution in [1.82, 2.24) is 25.2 Å². The molecule has 1 saturated heterocycles. The Morgan fingerprint density at radius 2 is 1.82 bits per heavy atom. The quantitative estimate of drug-likeness (QED) is 0.370. The maximum atomic E-state index is 14.4. The van der Waals surface area contributed by atoms with E-state index in [4.69, 9.17) is 9.47 Å². The number of alkyl carbamates (subject to hydrolysis) is 1. The number of carbonyl (C=O) groups excluding carboxylic acids is 5. The standard InChI is InChI=1S/C35H48FN5O9S/c1-35(2,3)50-33(45)38-28-13-8-6-4-5-7-10-22(16-30(42)39-51(47,48)25-14-15-25)18-37-31(43)29-17-24(20-41(29)32(28)44)49-34(46)40-19-23-11-9-12-27(36)26(23)21-40/h7,9-12,22,24-25,28-29H,4-6,8,13-21H2,1-3H3,(H,37,43)(H,38,45)(H,39,42)/b10-7-/t22-,24+,28-,29-/m0/s1. The van der Waals surface area contributed by atoms with Gasteiger partial charge in [0, 0.05) is 37.4 Å². The van der Waals surface area contributed by atoms with E-state index in [1.807, 2.05) is 6.08 Å². The average Bonchev–Trinajstić information content (AvgIpc) is 3.69. The van der Waals surface area contributed by atoms with Crippen molar-refractivity contribution >= 4 is 39.9 Å². The van der Waals surface area contributed by atoms with Crippen LogP contribution in [0.2, 0.25) is 0 Å². The van der Waals surface area contributed by atoms with Gasteiger partial charge in [-0.25, -0.2) is 22.4 Å². The number of hydrogen-bond acceptors (Lipinski definition) is 9. The third-order valence-corrected chi connectivity index (χ3v) is 11.1. The number of carbonyl (C=O) groups is 5. The molecule has 0 bridgehead atoms. The molecule has 3 heterocycles. The maximum Gasteiger partial charge on any atom is 0.410 e. The van der Waals surface area contributed by atoms with Crippen LogP contribution in [-0.2, 0) is 47.0 Å². The number of benzene rings is 1. The van der Waals surface area contributed by atoms with Crippen LogP contribution >= 0.6 is 0 Å². The predicted molar refractivity (Wildman–Crippen MR) is 183 cm³/mol. The molecule has 0 unspecified atom stereocenters. The van der Waals surface area contributed by atoms with Gasteiger partial charge < -0.3 is 25.0 Å². The van der Waals surface area contributed by atoms with E-state index < -0.39 is 80.7 Å². The summed E-state index contributed by atoms with van der Waals surface area (Å²) in [6.07, 6.45) is 5.04. The van der Waals surface area contributed by atoms with E-state index in [0.717, 1.165) is 6.42 Å². The minimum Gasteiger partial charge on any atom is -0.444 e. The van der Waals surface area contributed by atoms with Gasteiger partial charge in [0.05, 0.1) is 18.3 Å². The van der Waals surface area contributed by atoms with Gasteiger partial charge in [-0.3, -0.25) is 24.0 Å². The highest BCUT2D eigenvalue weighted by molar-refractivity contribution is 7.90.